The van der Waals surface area contributed by atoms with Gasteiger partial charge in [0.2, 0.25) is 5.91 Å². The van der Waals surface area contributed by atoms with Crippen LogP contribution >= 0.6 is 11.3 Å². The van der Waals surface area contributed by atoms with Crippen molar-refractivity contribution in [1.82, 2.24) is 4.90 Å². The van der Waals surface area contributed by atoms with Gasteiger partial charge in [0.15, 0.2) is 0 Å². The fourth-order valence-corrected chi connectivity index (χ4v) is 4.36. The number of benzene rings is 1. The summed E-state index contributed by atoms with van der Waals surface area (Å²) in [7, 11) is 0. The minimum absolute atomic E-state index is 0.0658. The molecule has 1 aliphatic rings. The number of anilines is 1. The molecule has 2 aromatic rings. The van der Waals surface area contributed by atoms with Crippen LogP contribution in [-0.2, 0) is 22.5 Å². The first-order chi connectivity index (χ1) is 13.8. The van der Waals surface area contributed by atoms with Crippen LogP contribution in [0.3, 0.4) is 0 Å². The largest absolute Gasteiger partial charge is 0.462 e. The quantitative estimate of drug-likeness (QED) is 0.454. The third-order valence-electron chi connectivity index (χ3n) is 4.53. The lowest BCUT2D eigenvalue weighted by atomic mass is 10.0. The molecule has 2 heterocycles. The number of hydrogen-bond acceptors (Lipinski definition) is 7. The van der Waals surface area contributed by atoms with Gasteiger partial charge in [-0.2, -0.15) is 0 Å². The Hall–Kier alpha value is -3.27. The van der Waals surface area contributed by atoms with Crippen LogP contribution in [0.25, 0.3) is 0 Å². The second-order valence-electron chi connectivity index (χ2n) is 6.38. The van der Waals surface area contributed by atoms with Crippen molar-refractivity contribution in [2.45, 2.75) is 26.8 Å². The number of hydrogen-bond donors (Lipinski definition) is 1. The Morgan fingerprint density at radius 3 is 2.76 bits per heavy atom. The van der Waals surface area contributed by atoms with E-state index in [4.69, 9.17) is 4.74 Å². The highest BCUT2D eigenvalue weighted by atomic mass is 32.1. The summed E-state index contributed by atoms with van der Waals surface area (Å²) in [4.78, 5) is 49.7. The number of fused-ring (bicyclic) bond motifs is 1. The van der Waals surface area contributed by atoms with Gasteiger partial charge in [-0.1, -0.05) is 6.07 Å². The number of nitro groups is 1. The van der Waals surface area contributed by atoms with Crippen molar-refractivity contribution in [3.8, 4) is 0 Å². The highest BCUT2D eigenvalue weighted by molar-refractivity contribution is 7.17. The Kier molecular flexibility index (Phi) is 5.92. The number of rotatable bonds is 5. The number of nitrogens with one attached hydrogen (secondary N) is 1. The van der Waals surface area contributed by atoms with Gasteiger partial charge in [0, 0.05) is 36.0 Å². The standard InChI is InChI=1S/C19H19N3O6S/c1-3-28-19(25)16-14-7-8-21(11(2)23)10-15(14)29-18(16)20-17(24)12-5-4-6-13(9-12)22(26)27/h4-6,9H,3,7-8,10H2,1-2H3,(H,20,24). The van der Waals surface area contributed by atoms with Gasteiger partial charge in [-0.05, 0) is 25.0 Å². The van der Waals surface area contributed by atoms with E-state index >= 15 is 0 Å². The predicted octanol–water partition coefficient (Wildman–Crippen LogP) is 2.99. The first-order valence-electron chi connectivity index (χ1n) is 8.94. The van der Waals surface area contributed by atoms with Gasteiger partial charge >= 0.3 is 5.97 Å². The van der Waals surface area contributed by atoms with E-state index in [1.54, 1.807) is 11.8 Å². The first-order valence-corrected chi connectivity index (χ1v) is 9.76. The molecule has 0 aliphatic carbocycles. The summed E-state index contributed by atoms with van der Waals surface area (Å²) in [6, 6.07) is 5.34. The normalized spacial score (nSPS) is 12.8. The summed E-state index contributed by atoms with van der Waals surface area (Å²) in [6.07, 6.45) is 0.478. The Bertz CT molecular complexity index is 1000. The van der Waals surface area contributed by atoms with E-state index < -0.39 is 16.8 Å². The number of carbonyl (C=O) groups excluding carboxylic acids is 3. The average molecular weight is 417 g/mol. The van der Waals surface area contributed by atoms with Crippen LogP contribution in [0.15, 0.2) is 24.3 Å². The van der Waals surface area contributed by atoms with E-state index in [0.717, 1.165) is 10.4 Å². The molecule has 3 rings (SSSR count). The molecule has 29 heavy (non-hydrogen) atoms. The highest BCUT2D eigenvalue weighted by Gasteiger charge is 2.30. The maximum absolute atomic E-state index is 12.7. The minimum atomic E-state index is -0.582. The van der Waals surface area contributed by atoms with Gasteiger partial charge < -0.3 is 15.0 Å². The number of nitrogens with zero attached hydrogens (tertiary/aromatic N) is 2. The molecule has 1 N–H and O–H groups in total. The van der Waals surface area contributed by atoms with Gasteiger partial charge in [0.05, 0.1) is 23.6 Å². The Morgan fingerprint density at radius 2 is 2.10 bits per heavy atom. The molecule has 1 aliphatic heterocycles. The Morgan fingerprint density at radius 1 is 1.34 bits per heavy atom. The van der Waals surface area contributed by atoms with Gasteiger partial charge in [-0.15, -0.1) is 11.3 Å². The van der Waals surface area contributed by atoms with Crippen molar-refractivity contribution in [1.29, 1.82) is 0 Å². The van der Waals surface area contributed by atoms with Crippen molar-refractivity contribution in [2.24, 2.45) is 0 Å². The van der Waals surface area contributed by atoms with E-state index in [1.807, 2.05) is 0 Å². The van der Waals surface area contributed by atoms with Crippen molar-refractivity contribution in [3.63, 3.8) is 0 Å². The van der Waals surface area contributed by atoms with Crippen LogP contribution in [-0.4, -0.2) is 40.8 Å². The van der Waals surface area contributed by atoms with E-state index in [-0.39, 0.29) is 29.3 Å². The van der Waals surface area contributed by atoms with E-state index in [1.165, 1.54) is 42.5 Å². The molecule has 0 atom stereocenters. The molecule has 10 heteroatoms. The summed E-state index contributed by atoms with van der Waals surface area (Å²) in [6.45, 7) is 4.19. The molecule has 9 nitrogen and oxygen atoms in total. The first kappa shape index (κ1) is 20.5. The molecule has 1 aromatic carbocycles. The molecule has 0 bridgehead atoms. The minimum Gasteiger partial charge on any atom is -0.462 e. The molecular weight excluding hydrogens is 398 g/mol. The number of carbonyl (C=O) groups is 3. The fourth-order valence-electron chi connectivity index (χ4n) is 3.12. The molecule has 0 saturated carbocycles. The number of esters is 1. The van der Waals surface area contributed by atoms with Crippen molar-refractivity contribution >= 4 is 39.8 Å². The number of thiophene rings is 1. The van der Waals surface area contributed by atoms with Gasteiger partial charge in [0.25, 0.3) is 11.6 Å². The van der Waals surface area contributed by atoms with E-state index in [2.05, 4.69) is 5.32 Å². The van der Waals surface area contributed by atoms with Crippen molar-refractivity contribution in [3.05, 3.63) is 55.9 Å². The highest BCUT2D eigenvalue weighted by Crippen LogP contribution is 2.38. The van der Waals surface area contributed by atoms with Crippen molar-refractivity contribution < 1.29 is 24.0 Å². The molecule has 0 saturated heterocycles. The monoisotopic (exact) mass is 417 g/mol. The van der Waals surface area contributed by atoms with Crippen molar-refractivity contribution in [2.75, 3.05) is 18.5 Å². The van der Waals surface area contributed by atoms with Crippen LogP contribution in [0, 0.1) is 10.1 Å². The number of non-ortho nitro benzene ring substituents is 1. The summed E-state index contributed by atoms with van der Waals surface area (Å²) in [5.41, 5.74) is 0.950. The zero-order valence-electron chi connectivity index (χ0n) is 15.9. The topological polar surface area (TPSA) is 119 Å². The van der Waals surface area contributed by atoms with Crippen LogP contribution in [0.4, 0.5) is 10.7 Å². The van der Waals surface area contributed by atoms with Crippen LogP contribution in [0.2, 0.25) is 0 Å². The van der Waals surface area contributed by atoms with Gasteiger partial charge in [-0.25, -0.2) is 4.79 Å². The molecule has 0 spiro atoms. The maximum Gasteiger partial charge on any atom is 0.341 e. The SMILES string of the molecule is CCOC(=O)c1c(NC(=O)c2cccc([N+](=O)[O-])c2)sc2c1CCN(C(C)=O)C2. The van der Waals surface area contributed by atoms with Crippen LogP contribution < -0.4 is 5.32 Å². The number of nitro benzene ring substituents is 1. The predicted molar refractivity (Wildman–Crippen MR) is 106 cm³/mol. The van der Waals surface area contributed by atoms with Crippen LogP contribution in [0.1, 0.15) is 45.0 Å². The maximum atomic E-state index is 12.7. The Labute approximate surface area is 170 Å². The third-order valence-corrected chi connectivity index (χ3v) is 5.66. The van der Waals surface area contributed by atoms with E-state index in [9.17, 15) is 24.5 Å². The van der Waals surface area contributed by atoms with Crippen LogP contribution in [0.5, 0.6) is 0 Å². The molecule has 2 amide bonds. The summed E-state index contributed by atoms with van der Waals surface area (Å²) in [5.74, 6) is -1.18. The smallest absolute Gasteiger partial charge is 0.341 e. The number of amides is 2. The number of ether oxygens (including phenoxy) is 1. The molecule has 0 radical (unpaired) electrons. The average Bonchev–Trinajstić information content (AvgIpc) is 3.05. The third kappa shape index (κ3) is 4.27. The molecule has 152 valence electrons. The molecular formula is C19H19N3O6S. The Balaban J connectivity index is 1.95. The summed E-state index contributed by atoms with van der Waals surface area (Å²) < 4.78 is 5.15. The summed E-state index contributed by atoms with van der Waals surface area (Å²) >= 11 is 1.21. The zero-order chi connectivity index (χ0) is 21.1. The summed E-state index contributed by atoms with van der Waals surface area (Å²) in [5, 5.41) is 14.0. The van der Waals surface area contributed by atoms with Gasteiger partial charge in [-0.3, -0.25) is 19.7 Å². The zero-order valence-corrected chi connectivity index (χ0v) is 16.7. The lowest BCUT2D eigenvalue weighted by Crippen LogP contribution is -2.34. The lowest BCUT2D eigenvalue weighted by molar-refractivity contribution is -0.384. The molecule has 1 aromatic heterocycles. The molecule has 0 fully saturated rings. The second-order valence-corrected chi connectivity index (χ2v) is 7.49. The van der Waals surface area contributed by atoms with E-state index in [0.29, 0.717) is 24.5 Å². The van der Waals surface area contributed by atoms with Gasteiger partial charge in [0.1, 0.15) is 5.00 Å². The molecule has 0 unspecified atom stereocenters. The lowest BCUT2D eigenvalue weighted by Gasteiger charge is -2.25. The second kappa shape index (κ2) is 8.39. The fraction of sp³-hybridized carbons (Fsp3) is 0.316.